The lowest BCUT2D eigenvalue weighted by Crippen LogP contribution is -2.01. The van der Waals surface area contributed by atoms with E-state index in [4.69, 9.17) is 0 Å². The van der Waals surface area contributed by atoms with Gasteiger partial charge in [0.05, 0.1) is 9.16 Å². The zero-order valence-electron chi connectivity index (χ0n) is 4.02. The molecule has 0 nitrogen and oxygen atoms in total. The van der Waals surface area contributed by atoms with Crippen LogP contribution in [0.4, 0.5) is 0 Å². The maximum atomic E-state index is 4.18. The molecular weight excluding hydrogens is 176 g/mol. The van der Waals surface area contributed by atoms with Crippen LogP contribution in [0.3, 0.4) is 0 Å². The van der Waals surface area contributed by atoms with E-state index in [1.165, 1.54) is 0 Å². The van der Waals surface area contributed by atoms with Crippen LogP contribution < -0.4 is 0 Å². The van der Waals surface area contributed by atoms with Crippen LogP contribution in [-0.2, 0) is 0 Å². The van der Waals surface area contributed by atoms with Gasteiger partial charge in [0, 0.05) is 0 Å². The summed E-state index contributed by atoms with van der Waals surface area (Å²) in [5.74, 6) is 0. The highest BCUT2D eigenvalue weighted by molar-refractivity contribution is 8.24. The Morgan fingerprint density at radius 2 is 1.75 bits per heavy atom. The van der Waals surface area contributed by atoms with Gasteiger partial charge < -0.3 is 0 Å². The van der Waals surface area contributed by atoms with Gasteiger partial charge in [0.1, 0.15) is 0 Å². The summed E-state index contributed by atoms with van der Waals surface area (Å²) in [6, 6.07) is 0. The van der Waals surface area contributed by atoms with E-state index < -0.39 is 0 Å². The Bertz CT molecular complexity index is 90.2. The molecule has 1 rings (SSSR count). The predicted molar refractivity (Wildman–Crippen MR) is 49.9 cm³/mol. The van der Waals surface area contributed by atoms with Crippen molar-refractivity contribution < 1.29 is 0 Å². The Balaban J connectivity index is 2.29. The first kappa shape index (κ1) is 7.25. The molecule has 1 aliphatic rings. The summed E-state index contributed by atoms with van der Waals surface area (Å²) in [4.78, 5) is 0. The van der Waals surface area contributed by atoms with Crippen LogP contribution in [-0.4, -0.2) is 9.16 Å². The van der Waals surface area contributed by atoms with Crippen molar-refractivity contribution in [3.63, 3.8) is 0 Å². The second-order valence-corrected chi connectivity index (χ2v) is 5.25. The van der Waals surface area contributed by atoms with Crippen LogP contribution in [0, 0.1) is 0 Å². The first-order chi connectivity index (χ1) is 3.80. The Labute approximate surface area is 68.7 Å². The predicted octanol–water partition coefficient (Wildman–Crippen LogP) is 2.45. The SMILES string of the molecule is SC(S)C1SC=CS1. The minimum atomic E-state index is 0.194. The third-order valence-electron chi connectivity index (χ3n) is 0.724. The molecule has 0 atom stereocenters. The monoisotopic (exact) mass is 182 g/mol. The van der Waals surface area contributed by atoms with E-state index in [2.05, 4.69) is 36.1 Å². The van der Waals surface area contributed by atoms with Crippen LogP contribution >= 0.6 is 48.8 Å². The Kier molecular flexibility index (Phi) is 3.03. The summed E-state index contributed by atoms with van der Waals surface area (Å²) in [5.41, 5.74) is 0. The normalized spacial score (nSPS) is 20.9. The standard InChI is InChI=1S/C4H6S4/c5-3(6)4-7-1-2-8-4/h1-6H. The number of hydrogen-bond donors (Lipinski definition) is 2. The maximum Gasteiger partial charge on any atom is 0.0789 e. The number of thiol groups is 2. The largest absolute Gasteiger partial charge is 0.163 e. The van der Waals surface area contributed by atoms with Crippen LogP contribution in [0.1, 0.15) is 0 Å². The molecule has 0 aliphatic carbocycles. The number of rotatable bonds is 1. The van der Waals surface area contributed by atoms with Crippen molar-refractivity contribution in [2.45, 2.75) is 9.16 Å². The molecule has 0 N–H and O–H groups in total. The van der Waals surface area contributed by atoms with Crippen LogP contribution in [0.25, 0.3) is 0 Å². The molecule has 1 aliphatic heterocycles. The highest BCUT2D eigenvalue weighted by atomic mass is 32.2. The molecule has 0 saturated carbocycles. The summed E-state index contributed by atoms with van der Waals surface area (Å²) in [7, 11) is 0. The molecule has 0 aromatic rings. The molecule has 0 fully saturated rings. The molecule has 1 heterocycles. The lowest BCUT2D eigenvalue weighted by Gasteiger charge is -2.08. The molecule has 0 aromatic carbocycles. The fraction of sp³-hybridized carbons (Fsp3) is 0.500. The van der Waals surface area contributed by atoms with E-state index >= 15 is 0 Å². The van der Waals surface area contributed by atoms with Gasteiger partial charge in [0.2, 0.25) is 0 Å². The van der Waals surface area contributed by atoms with Crippen molar-refractivity contribution >= 4 is 48.8 Å². The van der Waals surface area contributed by atoms with Crippen LogP contribution in [0.5, 0.6) is 0 Å². The van der Waals surface area contributed by atoms with Crippen molar-refractivity contribution in [1.82, 2.24) is 0 Å². The molecule has 0 amide bonds. The molecule has 0 unspecified atom stereocenters. The minimum absolute atomic E-state index is 0.194. The van der Waals surface area contributed by atoms with E-state index in [0.29, 0.717) is 4.58 Å². The number of hydrogen-bond acceptors (Lipinski definition) is 4. The fourth-order valence-corrected chi connectivity index (χ4v) is 2.98. The molecule has 46 valence electrons. The second kappa shape index (κ2) is 3.34. The fourth-order valence-electron chi connectivity index (χ4n) is 0.392. The molecule has 4 heteroatoms. The molecule has 0 bridgehead atoms. The van der Waals surface area contributed by atoms with Gasteiger partial charge in [0.15, 0.2) is 0 Å². The van der Waals surface area contributed by atoms with Crippen molar-refractivity contribution in [3.05, 3.63) is 10.8 Å². The first-order valence-electron chi connectivity index (χ1n) is 2.13. The van der Waals surface area contributed by atoms with Gasteiger partial charge in [-0.3, -0.25) is 0 Å². The molecule has 8 heavy (non-hydrogen) atoms. The molecule has 0 saturated heterocycles. The smallest absolute Gasteiger partial charge is 0.0789 e. The van der Waals surface area contributed by atoms with Gasteiger partial charge in [-0.05, 0) is 10.8 Å². The lowest BCUT2D eigenvalue weighted by molar-refractivity contribution is 1.40. The van der Waals surface area contributed by atoms with E-state index in [9.17, 15) is 0 Å². The topological polar surface area (TPSA) is 0 Å². The summed E-state index contributed by atoms with van der Waals surface area (Å²) in [5, 5.41) is 4.16. The minimum Gasteiger partial charge on any atom is -0.163 e. The van der Waals surface area contributed by atoms with Crippen molar-refractivity contribution in [2.24, 2.45) is 0 Å². The third kappa shape index (κ3) is 1.83. The zero-order chi connectivity index (χ0) is 5.98. The van der Waals surface area contributed by atoms with Crippen molar-refractivity contribution in [1.29, 1.82) is 0 Å². The number of thioether (sulfide) groups is 2. The Morgan fingerprint density at radius 1 is 1.25 bits per heavy atom. The van der Waals surface area contributed by atoms with Crippen molar-refractivity contribution in [3.8, 4) is 0 Å². The zero-order valence-corrected chi connectivity index (χ0v) is 7.44. The van der Waals surface area contributed by atoms with E-state index in [-0.39, 0.29) is 4.58 Å². The molecule has 0 aromatic heterocycles. The van der Waals surface area contributed by atoms with Gasteiger partial charge in [-0.1, -0.05) is 0 Å². The summed E-state index contributed by atoms with van der Waals surface area (Å²) in [6.45, 7) is 0. The molecule has 0 spiro atoms. The maximum absolute atomic E-state index is 4.18. The van der Waals surface area contributed by atoms with E-state index in [0.717, 1.165) is 0 Å². The molecule has 0 radical (unpaired) electrons. The van der Waals surface area contributed by atoms with Gasteiger partial charge in [-0.2, -0.15) is 25.3 Å². The summed E-state index contributed by atoms with van der Waals surface area (Å²) < 4.78 is 0.710. The summed E-state index contributed by atoms with van der Waals surface area (Å²) in [6.07, 6.45) is 0. The van der Waals surface area contributed by atoms with Crippen molar-refractivity contribution in [2.75, 3.05) is 0 Å². The first-order valence-corrected chi connectivity index (χ1v) is 5.04. The van der Waals surface area contributed by atoms with Gasteiger partial charge >= 0.3 is 0 Å². The third-order valence-corrected chi connectivity index (χ3v) is 4.63. The lowest BCUT2D eigenvalue weighted by atomic mass is 10.9. The second-order valence-electron chi connectivity index (χ2n) is 1.33. The van der Waals surface area contributed by atoms with Crippen LogP contribution in [0.2, 0.25) is 0 Å². The molecular formula is C4H6S4. The van der Waals surface area contributed by atoms with E-state index in [1.807, 2.05) is 0 Å². The van der Waals surface area contributed by atoms with Gasteiger partial charge in [-0.25, -0.2) is 0 Å². The van der Waals surface area contributed by atoms with Gasteiger partial charge in [-0.15, -0.1) is 23.5 Å². The highest BCUT2D eigenvalue weighted by Crippen LogP contribution is 2.38. The highest BCUT2D eigenvalue weighted by Gasteiger charge is 2.16. The quantitative estimate of drug-likeness (QED) is 0.472. The Morgan fingerprint density at radius 3 is 2.00 bits per heavy atom. The average Bonchev–Trinajstić information content (AvgIpc) is 2.12. The van der Waals surface area contributed by atoms with E-state index in [1.54, 1.807) is 23.5 Å². The summed E-state index contributed by atoms with van der Waals surface area (Å²) >= 11 is 11.9. The van der Waals surface area contributed by atoms with Gasteiger partial charge in [0.25, 0.3) is 0 Å². The average molecular weight is 182 g/mol. The van der Waals surface area contributed by atoms with Crippen LogP contribution in [0.15, 0.2) is 10.8 Å². The Hall–Kier alpha value is 1.14.